The van der Waals surface area contributed by atoms with Crippen LogP contribution in [0.15, 0.2) is 61.1 Å². The van der Waals surface area contributed by atoms with E-state index in [1.54, 1.807) is 35.4 Å². The van der Waals surface area contributed by atoms with Crippen LogP contribution in [0.2, 0.25) is 0 Å². The van der Waals surface area contributed by atoms with Gasteiger partial charge in [-0.3, -0.25) is 9.67 Å². The molecule has 2 aromatic heterocycles. The van der Waals surface area contributed by atoms with Gasteiger partial charge in [-0.25, -0.2) is 17.6 Å². The van der Waals surface area contributed by atoms with Gasteiger partial charge in [-0.05, 0) is 55.0 Å². The van der Waals surface area contributed by atoms with Crippen molar-refractivity contribution in [1.82, 2.24) is 14.8 Å². The van der Waals surface area contributed by atoms with Crippen LogP contribution < -0.4 is 5.32 Å². The third-order valence-corrected chi connectivity index (χ3v) is 4.88. The van der Waals surface area contributed by atoms with Crippen molar-refractivity contribution in [2.24, 2.45) is 0 Å². The largest absolute Gasteiger partial charge is 0.378 e. The Hall–Kier alpha value is -3.68. The molecule has 2 aromatic carbocycles. The second-order valence-corrected chi connectivity index (χ2v) is 6.86. The number of hydrogen-bond donors (Lipinski definition) is 1. The minimum atomic E-state index is -0.867. The van der Waals surface area contributed by atoms with E-state index in [1.807, 2.05) is 6.92 Å². The Morgan fingerprint density at radius 3 is 2.42 bits per heavy atom. The average Bonchev–Trinajstić information content (AvgIpc) is 3.20. The fraction of sp³-hybridized carbons (Fsp3) is 0.130. The molecule has 158 valence electrons. The molecular formula is C23H18F4N4. The minimum absolute atomic E-state index is 0.0259. The van der Waals surface area contributed by atoms with Gasteiger partial charge in [-0.2, -0.15) is 5.10 Å². The van der Waals surface area contributed by atoms with E-state index >= 15 is 4.39 Å². The van der Waals surface area contributed by atoms with Gasteiger partial charge in [-0.1, -0.05) is 0 Å². The fourth-order valence-corrected chi connectivity index (χ4v) is 3.29. The van der Waals surface area contributed by atoms with Crippen LogP contribution in [0, 0.1) is 23.3 Å². The molecule has 0 saturated heterocycles. The Morgan fingerprint density at radius 2 is 1.68 bits per heavy atom. The predicted octanol–water partition coefficient (Wildman–Crippen LogP) is 5.80. The number of aryl methyl sites for hydroxylation is 1. The summed E-state index contributed by atoms with van der Waals surface area (Å²) < 4.78 is 59.0. The maximum Gasteiger partial charge on any atom is 0.158 e. The van der Waals surface area contributed by atoms with E-state index in [0.717, 1.165) is 24.3 Å². The molecular weight excluding hydrogens is 408 g/mol. The lowest BCUT2D eigenvalue weighted by molar-refractivity contribution is 0.583. The molecule has 0 aliphatic heterocycles. The average molecular weight is 426 g/mol. The van der Waals surface area contributed by atoms with E-state index in [4.69, 9.17) is 0 Å². The van der Waals surface area contributed by atoms with E-state index in [0.29, 0.717) is 17.7 Å². The molecule has 31 heavy (non-hydrogen) atoms. The zero-order valence-corrected chi connectivity index (χ0v) is 16.5. The number of pyridine rings is 1. The lowest BCUT2D eigenvalue weighted by atomic mass is 10.0. The summed E-state index contributed by atoms with van der Waals surface area (Å²) in [7, 11) is 0. The van der Waals surface area contributed by atoms with Crippen LogP contribution in [0.5, 0.6) is 0 Å². The molecule has 0 bridgehead atoms. The monoisotopic (exact) mass is 426 g/mol. The second kappa shape index (κ2) is 8.59. The highest BCUT2D eigenvalue weighted by Crippen LogP contribution is 2.36. The summed E-state index contributed by atoms with van der Waals surface area (Å²) in [6.45, 7) is 2.20. The van der Waals surface area contributed by atoms with Crippen molar-refractivity contribution in [2.75, 3.05) is 5.32 Å². The van der Waals surface area contributed by atoms with Crippen LogP contribution in [0.4, 0.5) is 23.2 Å². The fourth-order valence-electron chi connectivity index (χ4n) is 3.29. The number of nitrogens with zero attached hydrogens (tertiary/aromatic N) is 3. The smallest absolute Gasteiger partial charge is 0.158 e. The first kappa shape index (κ1) is 20.6. The number of benzene rings is 2. The summed E-state index contributed by atoms with van der Waals surface area (Å²) >= 11 is 0. The molecule has 4 nitrogen and oxygen atoms in total. The Bertz CT molecular complexity index is 1220. The van der Waals surface area contributed by atoms with E-state index in [2.05, 4.69) is 15.4 Å². The van der Waals surface area contributed by atoms with Gasteiger partial charge in [0.15, 0.2) is 5.82 Å². The van der Waals surface area contributed by atoms with Crippen LogP contribution in [-0.4, -0.2) is 14.8 Å². The van der Waals surface area contributed by atoms with Crippen molar-refractivity contribution in [1.29, 1.82) is 0 Å². The van der Waals surface area contributed by atoms with Gasteiger partial charge in [-0.15, -0.1) is 0 Å². The summed E-state index contributed by atoms with van der Waals surface area (Å²) in [5.74, 6) is -2.88. The molecule has 8 heteroatoms. The Kier molecular flexibility index (Phi) is 5.70. The normalized spacial score (nSPS) is 11.0. The van der Waals surface area contributed by atoms with Crippen LogP contribution in [0.25, 0.3) is 22.4 Å². The number of nitrogens with one attached hydrogen (secondary N) is 1. The summed E-state index contributed by atoms with van der Waals surface area (Å²) in [5.41, 5.74) is 1.08. The van der Waals surface area contributed by atoms with Gasteiger partial charge in [0, 0.05) is 42.8 Å². The van der Waals surface area contributed by atoms with Crippen LogP contribution >= 0.6 is 0 Å². The molecule has 0 fully saturated rings. The highest BCUT2D eigenvalue weighted by Gasteiger charge is 2.22. The number of aromatic nitrogens is 3. The third-order valence-electron chi connectivity index (χ3n) is 4.88. The van der Waals surface area contributed by atoms with Crippen molar-refractivity contribution < 1.29 is 17.6 Å². The number of hydrogen-bond acceptors (Lipinski definition) is 3. The quantitative estimate of drug-likeness (QED) is 0.396. The van der Waals surface area contributed by atoms with Crippen LogP contribution in [-0.2, 0) is 13.1 Å². The number of rotatable bonds is 6. The number of anilines is 1. The molecule has 0 unspecified atom stereocenters. The molecule has 0 spiro atoms. The zero-order valence-electron chi connectivity index (χ0n) is 16.5. The van der Waals surface area contributed by atoms with Crippen molar-refractivity contribution >= 4 is 5.69 Å². The molecule has 0 saturated carbocycles. The van der Waals surface area contributed by atoms with E-state index in [-0.39, 0.29) is 29.1 Å². The van der Waals surface area contributed by atoms with Gasteiger partial charge < -0.3 is 5.32 Å². The highest BCUT2D eigenvalue weighted by molar-refractivity contribution is 5.82. The Morgan fingerprint density at radius 1 is 0.935 bits per heavy atom. The molecule has 0 atom stereocenters. The van der Waals surface area contributed by atoms with E-state index in [9.17, 15) is 13.2 Å². The van der Waals surface area contributed by atoms with Gasteiger partial charge in [0.2, 0.25) is 0 Å². The highest BCUT2D eigenvalue weighted by atomic mass is 19.1. The first-order chi connectivity index (χ1) is 15.0. The lowest BCUT2D eigenvalue weighted by Crippen LogP contribution is -2.06. The maximum atomic E-state index is 15.4. The Balaban J connectivity index is 1.75. The van der Waals surface area contributed by atoms with Crippen molar-refractivity contribution in [2.45, 2.75) is 20.0 Å². The first-order valence-electron chi connectivity index (χ1n) is 9.62. The van der Waals surface area contributed by atoms with E-state index in [1.165, 1.54) is 6.07 Å². The summed E-state index contributed by atoms with van der Waals surface area (Å²) in [5, 5.41) is 7.08. The van der Waals surface area contributed by atoms with Crippen LogP contribution in [0.1, 0.15) is 12.5 Å². The Labute approximate surface area is 176 Å². The SMILES string of the molecule is CCn1cc(-c2ccncc2)c(-c2c(F)ccc(NCc3cc(F)ccc3F)c2F)n1. The number of halogens is 4. The lowest BCUT2D eigenvalue weighted by Gasteiger charge is -2.12. The topological polar surface area (TPSA) is 42.7 Å². The van der Waals surface area contributed by atoms with Gasteiger partial charge in [0.1, 0.15) is 23.1 Å². The molecule has 1 N–H and O–H groups in total. The zero-order chi connectivity index (χ0) is 22.0. The molecule has 4 rings (SSSR count). The minimum Gasteiger partial charge on any atom is -0.378 e. The van der Waals surface area contributed by atoms with E-state index < -0.39 is 23.3 Å². The summed E-state index contributed by atoms with van der Waals surface area (Å²) in [4.78, 5) is 3.97. The van der Waals surface area contributed by atoms with Crippen molar-refractivity contribution in [3.05, 3.63) is 89.9 Å². The second-order valence-electron chi connectivity index (χ2n) is 6.86. The standard InChI is InChI=1S/C23H18F4N4/c1-2-31-13-17(14-7-9-28-10-8-14)23(30-31)21-19(26)5-6-20(22(21)27)29-12-15-11-16(24)3-4-18(15)25/h3-11,13,29H,2,12H2,1H3. The predicted molar refractivity (Wildman–Crippen MR) is 110 cm³/mol. The molecule has 4 aromatic rings. The molecule has 2 heterocycles. The van der Waals surface area contributed by atoms with Crippen molar-refractivity contribution in [3.8, 4) is 22.4 Å². The summed E-state index contributed by atoms with van der Waals surface area (Å²) in [6.07, 6.45) is 4.88. The van der Waals surface area contributed by atoms with Gasteiger partial charge in [0.25, 0.3) is 0 Å². The molecule has 0 aliphatic carbocycles. The molecule has 0 amide bonds. The third kappa shape index (κ3) is 4.14. The molecule has 0 radical (unpaired) electrons. The van der Waals surface area contributed by atoms with Crippen molar-refractivity contribution in [3.63, 3.8) is 0 Å². The maximum absolute atomic E-state index is 15.4. The first-order valence-corrected chi connectivity index (χ1v) is 9.62. The van der Waals surface area contributed by atoms with Gasteiger partial charge in [0.05, 0.1) is 11.3 Å². The van der Waals surface area contributed by atoms with Gasteiger partial charge >= 0.3 is 0 Å². The summed E-state index contributed by atoms with van der Waals surface area (Å²) in [6, 6.07) is 8.81. The van der Waals surface area contributed by atoms with Crippen LogP contribution in [0.3, 0.4) is 0 Å². The molecule has 0 aliphatic rings.